The molecule has 2 aromatic carbocycles. The van der Waals surface area contributed by atoms with E-state index in [0.29, 0.717) is 5.11 Å². The largest absolute Gasteiger partial charge is 0.353 e. The molecule has 4 rings (SSSR count). The van der Waals surface area contributed by atoms with Crippen molar-refractivity contribution in [3.8, 4) is 0 Å². The van der Waals surface area contributed by atoms with E-state index in [4.69, 9.17) is 12.2 Å². The minimum atomic E-state index is 0.526. The Morgan fingerprint density at radius 1 is 1.12 bits per heavy atom. The highest BCUT2D eigenvalue weighted by atomic mass is 79.9. The first-order valence-corrected chi connectivity index (χ1v) is 9.29. The number of rotatable bonds is 3. The molecule has 0 amide bonds. The molecule has 0 fully saturated rings. The fraction of sp³-hybridized carbons (Fsp3) is 0.105. The van der Waals surface area contributed by atoms with Crippen LogP contribution in [0.4, 0.5) is 5.69 Å². The zero-order valence-corrected chi connectivity index (χ0v) is 15.8. The number of H-pyrrole nitrogens is 1. The minimum Gasteiger partial charge on any atom is -0.353 e. The molecule has 0 atom stereocenters. The molecule has 6 heteroatoms. The van der Waals surface area contributed by atoms with E-state index in [0.717, 1.165) is 39.9 Å². The van der Waals surface area contributed by atoms with Crippen molar-refractivity contribution in [3.63, 3.8) is 0 Å². The van der Waals surface area contributed by atoms with Crippen LogP contribution in [0.3, 0.4) is 0 Å². The predicted molar refractivity (Wildman–Crippen MR) is 111 cm³/mol. The van der Waals surface area contributed by atoms with Crippen molar-refractivity contribution < 1.29 is 0 Å². The summed E-state index contributed by atoms with van der Waals surface area (Å²) in [5.74, 6) is 0. The number of para-hydroxylation sites is 1. The number of nitrogens with one attached hydrogen (secondary N) is 4. The van der Waals surface area contributed by atoms with E-state index in [-0.39, 0.29) is 0 Å². The molecule has 1 aromatic heterocycles. The van der Waals surface area contributed by atoms with Gasteiger partial charge in [-0.2, -0.15) is 0 Å². The Morgan fingerprint density at radius 2 is 1.96 bits per heavy atom. The summed E-state index contributed by atoms with van der Waals surface area (Å²) in [6, 6.07) is 16.2. The summed E-state index contributed by atoms with van der Waals surface area (Å²) in [5.41, 5.74) is 11.9. The van der Waals surface area contributed by atoms with E-state index < -0.39 is 0 Å². The second-order valence-corrected chi connectivity index (χ2v) is 7.22. The van der Waals surface area contributed by atoms with Gasteiger partial charge in [-0.05, 0) is 61.0 Å². The number of hydrazine groups is 1. The van der Waals surface area contributed by atoms with Crippen molar-refractivity contribution in [1.29, 1.82) is 0 Å². The average molecular weight is 413 g/mol. The van der Waals surface area contributed by atoms with Gasteiger partial charge in [-0.15, -0.1) is 0 Å². The third-order valence-electron chi connectivity index (χ3n) is 4.22. The van der Waals surface area contributed by atoms with E-state index in [9.17, 15) is 0 Å². The van der Waals surface area contributed by atoms with Gasteiger partial charge in [0, 0.05) is 21.1 Å². The van der Waals surface area contributed by atoms with Crippen LogP contribution in [0.15, 0.2) is 59.1 Å². The molecule has 1 aliphatic rings. The summed E-state index contributed by atoms with van der Waals surface area (Å²) in [6.07, 6.45) is 4.21. The number of thiocarbonyl (C=S) groups is 1. The van der Waals surface area contributed by atoms with Crippen molar-refractivity contribution in [2.75, 3.05) is 5.32 Å². The molecule has 0 spiro atoms. The Morgan fingerprint density at radius 3 is 2.80 bits per heavy atom. The van der Waals surface area contributed by atoms with Crippen LogP contribution in [0.25, 0.3) is 16.6 Å². The fourth-order valence-electron chi connectivity index (χ4n) is 3.09. The van der Waals surface area contributed by atoms with Gasteiger partial charge in [-0.1, -0.05) is 40.2 Å². The summed E-state index contributed by atoms with van der Waals surface area (Å²) in [5, 5.41) is 4.95. The first-order chi connectivity index (χ1) is 12.2. The summed E-state index contributed by atoms with van der Waals surface area (Å²) in [6.45, 7) is 0. The number of aromatic amines is 1. The molecule has 0 saturated carbocycles. The van der Waals surface area contributed by atoms with Crippen molar-refractivity contribution in [2.24, 2.45) is 0 Å². The quantitative estimate of drug-likeness (QED) is 0.371. The van der Waals surface area contributed by atoms with Crippen LogP contribution in [0.2, 0.25) is 0 Å². The summed E-state index contributed by atoms with van der Waals surface area (Å²) < 4.78 is 1.09. The highest BCUT2D eigenvalue weighted by Crippen LogP contribution is 2.32. The average Bonchev–Trinajstić information content (AvgIpc) is 2.99. The Kier molecular flexibility index (Phi) is 4.46. The molecule has 25 heavy (non-hydrogen) atoms. The zero-order valence-electron chi connectivity index (χ0n) is 13.4. The Balaban J connectivity index is 1.50. The van der Waals surface area contributed by atoms with Crippen molar-refractivity contribution in [1.82, 2.24) is 15.8 Å². The highest BCUT2D eigenvalue weighted by Gasteiger charge is 2.18. The van der Waals surface area contributed by atoms with Crippen LogP contribution in [-0.2, 0) is 6.42 Å². The molecule has 0 saturated heterocycles. The molecule has 0 aliphatic heterocycles. The molecule has 1 aliphatic carbocycles. The molecule has 4 N–H and O–H groups in total. The highest BCUT2D eigenvalue weighted by molar-refractivity contribution is 9.10. The van der Waals surface area contributed by atoms with Crippen LogP contribution in [-0.4, -0.2) is 10.1 Å². The second kappa shape index (κ2) is 6.90. The molecule has 0 radical (unpaired) electrons. The maximum atomic E-state index is 5.36. The zero-order chi connectivity index (χ0) is 17.2. The molecule has 0 bridgehead atoms. The normalized spacial score (nSPS) is 13.1. The summed E-state index contributed by atoms with van der Waals surface area (Å²) >= 11 is 8.92. The van der Waals surface area contributed by atoms with Gasteiger partial charge in [0.15, 0.2) is 5.11 Å². The molecule has 4 nitrogen and oxygen atoms in total. The van der Waals surface area contributed by atoms with Gasteiger partial charge in [-0.25, -0.2) is 0 Å². The van der Waals surface area contributed by atoms with E-state index >= 15 is 0 Å². The lowest BCUT2D eigenvalue weighted by atomic mass is 9.99. The topological polar surface area (TPSA) is 51.9 Å². The fourth-order valence-corrected chi connectivity index (χ4v) is 3.62. The molecule has 3 aromatic rings. The van der Waals surface area contributed by atoms with Gasteiger partial charge < -0.3 is 10.3 Å². The van der Waals surface area contributed by atoms with Gasteiger partial charge in [-0.3, -0.25) is 10.9 Å². The van der Waals surface area contributed by atoms with Crippen LogP contribution >= 0.6 is 28.1 Å². The van der Waals surface area contributed by atoms with Gasteiger partial charge >= 0.3 is 0 Å². The number of anilines is 1. The molecule has 0 unspecified atom stereocenters. The van der Waals surface area contributed by atoms with Crippen molar-refractivity contribution >= 4 is 55.5 Å². The van der Waals surface area contributed by atoms with E-state index in [1.165, 1.54) is 10.9 Å². The number of fused-ring (bicyclic) bond motifs is 3. The number of hydrogen-bond acceptors (Lipinski definition) is 2. The molecular weight excluding hydrogens is 396 g/mol. The van der Waals surface area contributed by atoms with Crippen molar-refractivity contribution in [2.45, 2.75) is 12.8 Å². The summed E-state index contributed by atoms with van der Waals surface area (Å²) in [7, 11) is 0. The number of aryl methyl sites for hydroxylation is 1. The number of halogens is 1. The minimum absolute atomic E-state index is 0.526. The molecule has 126 valence electrons. The maximum absolute atomic E-state index is 5.36. The number of allylic oxidation sites excluding steroid dienone is 1. The Labute approximate surface area is 159 Å². The third kappa shape index (κ3) is 3.41. The predicted octanol–water partition coefficient (Wildman–Crippen LogP) is 4.71. The SMILES string of the molecule is S=C(NNC1=CCCc2c1[nH]c1ccc(Br)cc21)Nc1ccccc1. The second-order valence-electron chi connectivity index (χ2n) is 5.90. The Hall–Kier alpha value is -2.31. The lowest BCUT2D eigenvalue weighted by Crippen LogP contribution is -2.39. The Bertz CT molecular complexity index is 962. The number of aromatic nitrogens is 1. The lowest BCUT2D eigenvalue weighted by Gasteiger charge is -2.18. The van der Waals surface area contributed by atoms with Gasteiger partial charge in [0.2, 0.25) is 0 Å². The standard InChI is InChI=1S/C19H17BrN4S/c20-12-9-10-16-15(11-12)14-7-4-8-17(18(14)22-16)23-24-19(25)21-13-5-2-1-3-6-13/h1-3,5-6,8-11,22-23H,4,7H2,(H2,21,24,25). The maximum Gasteiger partial charge on any atom is 0.189 e. The third-order valence-corrected chi connectivity index (χ3v) is 4.92. The van der Waals surface area contributed by atoms with Crippen LogP contribution in [0, 0.1) is 0 Å². The van der Waals surface area contributed by atoms with E-state index in [1.54, 1.807) is 0 Å². The summed E-state index contributed by atoms with van der Waals surface area (Å²) in [4.78, 5) is 3.51. The molecule has 1 heterocycles. The van der Waals surface area contributed by atoms with Gasteiger partial charge in [0.1, 0.15) is 0 Å². The first kappa shape index (κ1) is 16.2. The van der Waals surface area contributed by atoms with Crippen molar-refractivity contribution in [3.05, 3.63) is 70.3 Å². The van der Waals surface area contributed by atoms with E-state index in [1.807, 2.05) is 30.3 Å². The van der Waals surface area contributed by atoms with Crippen LogP contribution in [0.5, 0.6) is 0 Å². The van der Waals surface area contributed by atoms with Gasteiger partial charge in [0.25, 0.3) is 0 Å². The number of benzene rings is 2. The van der Waals surface area contributed by atoms with Gasteiger partial charge in [0.05, 0.1) is 11.4 Å². The van der Waals surface area contributed by atoms with Crippen LogP contribution < -0.4 is 16.2 Å². The van der Waals surface area contributed by atoms with E-state index in [2.05, 4.69) is 61.4 Å². The first-order valence-electron chi connectivity index (χ1n) is 8.09. The molecular formula is C19H17BrN4S. The lowest BCUT2D eigenvalue weighted by molar-refractivity contribution is 0.823. The van der Waals surface area contributed by atoms with Crippen LogP contribution in [0.1, 0.15) is 17.7 Å². The smallest absolute Gasteiger partial charge is 0.189 e. The number of hydrogen-bond donors (Lipinski definition) is 4. The monoisotopic (exact) mass is 412 g/mol.